The molecule has 3 N–H and O–H groups in total. The lowest BCUT2D eigenvalue weighted by Gasteiger charge is -2.28. The molecule has 0 spiro atoms. The summed E-state index contributed by atoms with van der Waals surface area (Å²) in [5.74, 6) is 2.62. The van der Waals surface area contributed by atoms with Crippen molar-refractivity contribution in [3.63, 3.8) is 0 Å². The molecule has 1 aliphatic rings. The number of hydrogen-bond donors (Lipinski definition) is 2. The number of ether oxygens (including phenoxy) is 2. The van der Waals surface area contributed by atoms with E-state index in [2.05, 4.69) is 22.3 Å². The molecular formula is C17H28N4O2. The fourth-order valence-corrected chi connectivity index (χ4v) is 2.81. The van der Waals surface area contributed by atoms with Gasteiger partial charge in [-0.05, 0) is 57.5 Å². The maximum Gasteiger partial charge on any atom is 0.193 e. The zero-order valence-corrected chi connectivity index (χ0v) is 14.3. The van der Waals surface area contributed by atoms with Crippen LogP contribution in [0.15, 0.2) is 23.2 Å². The molecule has 1 aromatic carbocycles. The van der Waals surface area contributed by atoms with Gasteiger partial charge in [0.1, 0.15) is 11.5 Å². The topological polar surface area (TPSA) is 72.1 Å². The summed E-state index contributed by atoms with van der Waals surface area (Å²) in [6.45, 7) is 3.12. The van der Waals surface area contributed by atoms with Crippen molar-refractivity contribution in [1.82, 2.24) is 4.90 Å². The molecule has 6 nitrogen and oxygen atoms in total. The van der Waals surface area contributed by atoms with Crippen LogP contribution in [0.25, 0.3) is 0 Å². The van der Waals surface area contributed by atoms with Gasteiger partial charge in [0.25, 0.3) is 0 Å². The number of likely N-dealkylation sites (tertiary alicyclic amines) is 1. The van der Waals surface area contributed by atoms with E-state index in [9.17, 15) is 0 Å². The van der Waals surface area contributed by atoms with Crippen LogP contribution < -0.4 is 20.5 Å². The van der Waals surface area contributed by atoms with Gasteiger partial charge in [-0.15, -0.1) is 0 Å². The Hall–Kier alpha value is -1.95. The number of hydrogen-bond acceptors (Lipinski definition) is 4. The number of nitrogens with two attached hydrogens (primary N) is 1. The molecule has 0 aromatic heterocycles. The van der Waals surface area contributed by atoms with Gasteiger partial charge >= 0.3 is 0 Å². The number of guanidine groups is 1. The van der Waals surface area contributed by atoms with Crippen LogP contribution in [0.1, 0.15) is 19.3 Å². The van der Waals surface area contributed by atoms with E-state index in [1.165, 1.54) is 25.9 Å². The first-order chi connectivity index (χ1) is 11.1. The highest BCUT2D eigenvalue weighted by atomic mass is 16.5. The second kappa shape index (κ2) is 8.62. The van der Waals surface area contributed by atoms with E-state index in [0.29, 0.717) is 11.7 Å². The molecule has 0 unspecified atom stereocenters. The number of piperidine rings is 1. The minimum absolute atomic E-state index is 0.407. The summed E-state index contributed by atoms with van der Waals surface area (Å²) in [6, 6.07) is 5.53. The highest BCUT2D eigenvalue weighted by molar-refractivity contribution is 5.93. The van der Waals surface area contributed by atoms with Crippen LogP contribution in [0.3, 0.4) is 0 Å². The molecule has 128 valence electrons. The third-order valence-electron chi connectivity index (χ3n) is 4.33. The van der Waals surface area contributed by atoms with E-state index in [-0.39, 0.29) is 0 Å². The van der Waals surface area contributed by atoms with E-state index in [1.54, 1.807) is 14.2 Å². The molecule has 1 saturated heterocycles. The minimum atomic E-state index is 0.407. The standard InChI is InChI=1S/C17H28N4O2/c1-21-10-7-13(8-11-21)6-9-19-17(18)20-15-12-14(22-2)4-5-16(15)23-3/h4-5,12-13H,6-11H2,1-3H3,(H3,18,19,20). The van der Waals surface area contributed by atoms with Gasteiger partial charge in [0.05, 0.1) is 19.9 Å². The van der Waals surface area contributed by atoms with Crippen molar-refractivity contribution in [3.8, 4) is 11.5 Å². The van der Waals surface area contributed by atoms with E-state index in [1.807, 2.05) is 18.2 Å². The Morgan fingerprint density at radius 1 is 1.30 bits per heavy atom. The third kappa shape index (κ3) is 5.32. The van der Waals surface area contributed by atoms with Gasteiger partial charge in [-0.1, -0.05) is 0 Å². The summed E-state index contributed by atoms with van der Waals surface area (Å²) in [7, 11) is 5.43. The highest BCUT2D eigenvalue weighted by Crippen LogP contribution is 2.28. The summed E-state index contributed by atoms with van der Waals surface area (Å²) in [5.41, 5.74) is 6.75. The molecule has 0 radical (unpaired) electrons. The molecule has 1 aromatic rings. The number of anilines is 1. The largest absolute Gasteiger partial charge is 0.497 e. The van der Waals surface area contributed by atoms with Gasteiger partial charge < -0.3 is 25.4 Å². The number of aliphatic imine (C=N–C) groups is 1. The summed E-state index contributed by atoms with van der Waals surface area (Å²) >= 11 is 0. The molecule has 2 rings (SSSR count). The monoisotopic (exact) mass is 320 g/mol. The zero-order valence-electron chi connectivity index (χ0n) is 14.3. The Morgan fingerprint density at radius 3 is 2.70 bits per heavy atom. The van der Waals surface area contributed by atoms with Crippen LogP contribution in [0, 0.1) is 5.92 Å². The Bertz CT molecular complexity index is 525. The van der Waals surface area contributed by atoms with Gasteiger partial charge in [0, 0.05) is 12.6 Å². The number of rotatable bonds is 6. The SMILES string of the molecule is COc1ccc(OC)c(NC(N)=NCCC2CCN(C)CC2)c1. The minimum Gasteiger partial charge on any atom is -0.497 e. The lowest BCUT2D eigenvalue weighted by molar-refractivity contribution is 0.214. The number of nitrogens with zero attached hydrogens (tertiary/aromatic N) is 2. The first kappa shape index (κ1) is 17.4. The molecule has 6 heteroatoms. The van der Waals surface area contributed by atoms with Gasteiger partial charge in [-0.25, -0.2) is 0 Å². The number of nitrogens with one attached hydrogen (secondary N) is 1. The molecule has 1 fully saturated rings. The normalized spacial score (nSPS) is 17.1. The highest BCUT2D eigenvalue weighted by Gasteiger charge is 2.15. The fraction of sp³-hybridized carbons (Fsp3) is 0.588. The van der Waals surface area contributed by atoms with Crippen LogP contribution in [0.5, 0.6) is 11.5 Å². The maximum atomic E-state index is 5.99. The second-order valence-corrected chi connectivity index (χ2v) is 5.99. The van der Waals surface area contributed by atoms with Gasteiger partial charge in [0.2, 0.25) is 0 Å². The Kier molecular flexibility index (Phi) is 6.52. The van der Waals surface area contributed by atoms with Crippen molar-refractivity contribution >= 4 is 11.6 Å². The van der Waals surface area contributed by atoms with E-state index < -0.39 is 0 Å². The van der Waals surface area contributed by atoms with Crippen LogP contribution in [-0.4, -0.2) is 51.8 Å². The first-order valence-electron chi connectivity index (χ1n) is 8.10. The van der Waals surface area contributed by atoms with Crippen LogP contribution in [0.2, 0.25) is 0 Å². The lowest BCUT2D eigenvalue weighted by atomic mass is 9.94. The van der Waals surface area contributed by atoms with Crippen molar-refractivity contribution in [2.75, 3.05) is 46.2 Å². The van der Waals surface area contributed by atoms with Gasteiger partial charge in [-0.2, -0.15) is 0 Å². The maximum absolute atomic E-state index is 5.99. The Labute approximate surface area is 138 Å². The molecular weight excluding hydrogens is 292 g/mol. The molecule has 0 bridgehead atoms. The average molecular weight is 320 g/mol. The summed E-state index contributed by atoms with van der Waals surface area (Å²) in [5, 5.41) is 3.10. The third-order valence-corrected chi connectivity index (χ3v) is 4.33. The second-order valence-electron chi connectivity index (χ2n) is 5.99. The van der Waals surface area contributed by atoms with Crippen molar-refractivity contribution in [2.45, 2.75) is 19.3 Å². The molecule has 0 atom stereocenters. The number of methoxy groups -OCH3 is 2. The van der Waals surface area contributed by atoms with Crippen molar-refractivity contribution in [2.24, 2.45) is 16.6 Å². The van der Waals surface area contributed by atoms with Gasteiger partial charge in [-0.3, -0.25) is 4.99 Å². The number of benzene rings is 1. The lowest BCUT2D eigenvalue weighted by Crippen LogP contribution is -2.30. The predicted octanol–water partition coefficient (Wildman–Crippen LogP) is 2.16. The smallest absolute Gasteiger partial charge is 0.193 e. The average Bonchev–Trinajstić information content (AvgIpc) is 2.56. The van der Waals surface area contributed by atoms with Crippen molar-refractivity contribution in [1.29, 1.82) is 0 Å². The van der Waals surface area contributed by atoms with Crippen LogP contribution in [-0.2, 0) is 0 Å². The quantitative estimate of drug-likeness (QED) is 0.621. The molecule has 0 aliphatic carbocycles. The van der Waals surface area contributed by atoms with Gasteiger partial charge in [0.15, 0.2) is 5.96 Å². The molecule has 1 aliphatic heterocycles. The molecule has 0 saturated carbocycles. The summed E-state index contributed by atoms with van der Waals surface area (Å²) in [6.07, 6.45) is 3.59. The Balaban J connectivity index is 1.87. The first-order valence-corrected chi connectivity index (χ1v) is 8.10. The van der Waals surface area contributed by atoms with Crippen molar-refractivity contribution in [3.05, 3.63) is 18.2 Å². The molecule has 1 heterocycles. The van der Waals surface area contributed by atoms with Crippen LogP contribution in [0.4, 0.5) is 5.69 Å². The van der Waals surface area contributed by atoms with Crippen molar-refractivity contribution < 1.29 is 9.47 Å². The van der Waals surface area contributed by atoms with E-state index >= 15 is 0 Å². The van der Waals surface area contributed by atoms with Crippen LogP contribution >= 0.6 is 0 Å². The summed E-state index contributed by atoms with van der Waals surface area (Å²) in [4.78, 5) is 6.82. The van der Waals surface area contributed by atoms with E-state index in [4.69, 9.17) is 15.2 Å². The molecule has 23 heavy (non-hydrogen) atoms. The predicted molar refractivity (Wildman–Crippen MR) is 94.5 cm³/mol. The molecule has 0 amide bonds. The Morgan fingerprint density at radius 2 is 2.04 bits per heavy atom. The fourth-order valence-electron chi connectivity index (χ4n) is 2.81. The zero-order chi connectivity index (χ0) is 16.7. The van der Waals surface area contributed by atoms with E-state index in [0.717, 1.165) is 30.3 Å². The summed E-state index contributed by atoms with van der Waals surface area (Å²) < 4.78 is 10.5.